The zero-order valence-electron chi connectivity index (χ0n) is 9.70. The molecule has 0 fully saturated rings. The van der Waals surface area contributed by atoms with E-state index in [1.54, 1.807) is 12.1 Å². The van der Waals surface area contributed by atoms with Crippen LogP contribution < -0.4 is 5.01 Å². The van der Waals surface area contributed by atoms with Gasteiger partial charge in [0, 0.05) is 0 Å². The maximum Gasteiger partial charge on any atom is 0.270 e. The summed E-state index contributed by atoms with van der Waals surface area (Å²) in [5.41, 5.74) is 1.63. The maximum atomic E-state index is 11.8. The molecule has 6 nitrogen and oxygen atoms in total. The van der Waals surface area contributed by atoms with Crippen molar-refractivity contribution in [1.29, 1.82) is 0 Å². The van der Waals surface area contributed by atoms with Gasteiger partial charge in [-0.2, -0.15) is 13.5 Å². The van der Waals surface area contributed by atoms with Crippen LogP contribution in [0, 0.1) is 6.92 Å². The predicted molar refractivity (Wildman–Crippen MR) is 67.1 cm³/mol. The second-order valence-corrected chi connectivity index (χ2v) is 5.51. The van der Waals surface area contributed by atoms with Gasteiger partial charge in [0.2, 0.25) is 0 Å². The van der Waals surface area contributed by atoms with Crippen molar-refractivity contribution in [2.75, 3.05) is 10.8 Å². The third-order valence-corrected chi connectivity index (χ3v) is 3.22. The molecule has 0 aliphatic carbocycles. The Bertz CT molecular complexity index is 622. The van der Waals surface area contributed by atoms with Gasteiger partial charge in [0.15, 0.2) is 0 Å². The van der Waals surface area contributed by atoms with Gasteiger partial charge < -0.3 is 0 Å². The number of benzene rings is 1. The molecule has 0 saturated carbocycles. The van der Waals surface area contributed by atoms with E-state index in [-0.39, 0.29) is 18.0 Å². The minimum atomic E-state index is -4.16. The van der Waals surface area contributed by atoms with Gasteiger partial charge in [0.1, 0.15) is 5.75 Å². The van der Waals surface area contributed by atoms with Crippen LogP contribution in [0.15, 0.2) is 29.4 Å². The molecule has 0 radical (unpaired) electrons. The molecule has 1 aliphatic heterocycles. The molecular formula is C11H12N2O4S. The molecule has 1 amide bonds. The molecule has 1 heterocycles. The average Bonchev–Trinajstić information content (AvgIpc) is 2.57. The van der Waals surface area contributed by atoms with Crippen LogP contribution >= 0.6 is 0 Å². The van der Waals surface area contributed by atoms with E-state index in [2.05, 4.69) is 5.10 Å². The molecule has 1 aromatic rings. The Labute approximate surface area is 105 Å². The van der Waals surface area contributed by atoms with Crippen LogP contribution in [0.4, 0.5) is 5.69 Å². The smallest absolute Gasteiger partial charge is 0.270 e. The zero-order chi connectivity index (χ0) is 13.3. The first-order valence-corrected chi connectivity index (χ1v) is 6.88. The van der Waals surface area contributed by atoms with Gasteiger partial charge in [-0.3, -0.25) is 9.35 Å². The highest BCUT2D eigenvalue weighted by Crippen LogP contribution is 2.24. The number of hydrogen-bond acceptors (Lipinski definition) is 4. The first kappa shape index (κ1) is 12.7. The fourth-order valence-electron chi connectivity index (χ4n) is 1.76. The number of para-hydroxylation sites is 1. The topological polar surface area (TPSA) is 87.0 Å². The fourth-order valence-corrected chi connectivity index (χ4v) is 2.34. The van der Waals surface area contributed by atoms with E-state index in [9.17, 15) is 13.2 Å². The Morgan fingerprint density at radius 2 is 2.06 bits per heavy atom. The van der Waals surface area contributed by atoms with Gasteiger partial charge in [-0.05, 0) is 18.6 Å². The summed E-state index contributed by atoms with van der Waals surface area (Å²) in [5, 5.41) is 5.12. The summed E-state index contributed by atoms with van der Waals surface area (Å²) in [4.78, 5) is 11.8. The largest absolute Gasteiger partial charge is 0.285 e. The molecule has 18 heavy (non-hydrogen) atoms. The summed E-state index contributed by atoms with van der Waals surface area (Å²) >= 11 is 0. The van der Waals surface area contributed by atoms with Crippen LogP contribution in [-0.4, -0.2) is 30.3 Å². The van der Waals surface area contributed by atoms with Gasteiger partial charge in [-0.15, -0.1) is 0 Å². The van der Waals surface area contributed by atoms with Gasteiger partial charge in [-0.1, -0.05) is 18.2 Å². The molecular weight excluding hydrogens is 256 g/mol. The third kappa shape index (κ3) is 2.74. The lowest BCUT2D eigenvalue weighted by Crippen LogP contribution is -2.20. The standard InChI is InChI=1S/C11H12N2O4S/c1-8-4-2-3-5-10(8)13-11(14)6-9(12-13)7-18(15,16)17/h2-5H,6-7H2,1H3,(H,15,16,17). The highest BCUT2D eigenvalue weighted by atomic mass is 32.2. The second kappa shape index (κ2) is 4.51. The third-order valence-electron chi connectivity index (χ3n) is 2.53. The lowest BCUT2D eigenvalue weighted by molar-refractivity contribution is -0.116. The molecule has 0 spiro atoms. The zero-order valence-corrected chi connectivity index (χ0v) is 10.5. The van der Waals surface area contributed by atoms with Gasteiger partial charge >= 0.3 is 0 Å². The molecule has 7 heteroatoms. The first-order chi connectivity index (χ1) is 8.37. The van der Waals surface area contributed by atoms with E-state index in [1.807, 2.05) is 19.1 Å². The van der Waals surface area contributed by atoms with Crippen molar-refractivity contribution in [3.05, 3.63) is 29.8 Å². The predicted octanol–water partition coefficient (Wildman–Crippen LogP) is 0.976. The number of rotatable bonds is 3. The van der Waals surface area contributed by atoms with Gasteiger partial charge in [0.25, 0.3) is 16.0 Å². The SMILES string of the molecule is Cc1ccccc1N1N=C(CS(=O)(=O)O)CC1=O. The molecule has 0 atom stereocenters. The van der Waals surface area contributed by atoms with Crippen molar-refractivity contribution in [1.82, 2.24) is 0 Å². The number of anilines is 1. The summed E-state index contributed by atoms with van der Waals surface area (Å²) in [5.74, 6) is -0.913. The van der Waals surface area contributed by atoms with E-state index < -0.39 is 15.9 Å². The minimum absolute atomic E-state index is 0.0892. The van der Waals surface area contributed by atoms with Crippen molar-refractivity contribution < 1.29 is 17.8 Å². The minimum Gasteiger partial charge on any atom is -0.285 e. The Kier molecular flexibility index (Phi) is 3.18. The van der Waals surface area contributed by atoms with Crippen LogP contribution in [0.3, 0.4) is 0 Å². The molecule has 96 valence electrons. The summed E-state index contributed by atoms with van der Waals surface area (Å²) in [7, 11) is -4.16. The number of hydrazone groups is 1. The fraction of sp³-hybridized carbons (Fsp3) is 0.273. The highest BCUT2D eigenvalue weighted by molar-refractivity contribution is 7.86. The molecule has 0 aromatic heterocycles. The van der Waals surface area contributed by atoms with Crippen LogP contribution in [0.1, 0.15) is 12.0 Å². The quantitative estimate of drug-likeness (QED) is 0.828. The number of aryl methyl sites for hydroxylation is 1. The lowest BCUT2D eigenvalue weighted by atomic mass is 10.2. The molecule has 0 bridgehead atoms. The molecule has 0 unspecified atom stereocenters. The molecule has 1 N–H and O–H groups in total. The summed E-state index contributed by atoms with van der Waals surface area (Å²) < 4.78 is 30.2. The van der Waals surface area contributed by atoms with Gasteiger partial charge in [0.05, 0.1) is 17.8 Å². The van der Waals surface area contributed by atoms with E-state index in [4.69, 9.17) is 4.55 Å². The monoisotopic (exact) mass is 268 g/mol. The van der Waals surface area contributed by atoms with Crippen LogP contribution in [0.2, 0.25) is 0 Å². The van der Waals surface area contributed by atoms with E-state index in [0.29, 0.717) is 5.69 Å². The number of carbonyl (C=O) groups is 1. The average molecular weight is 268 g/mol. The van der Waals surface area contributed by atoms with E-state index in [1.165, 1.54) is 5.01 Å². The number of carbonyl (C=O) groups excluding carboxylic acids is 1. The highest BCUT2D eigenvalue weighted by Gasteiger charge is 2.28. The molecule has 1 aromatic carbocycles. The Morgan fingerprint density at radius 1 is 1.39 bits per heavy atom. The van der Waals surface area contributed by atoms with Crippen molar-refractivity contribution in [3.8, 4) is 0 Å². The van der Waals surface area contributed by atoms with Crippen LogP contribution in [0.5, 0.6) is 0 Å². The van der Waals surface area contributed by atoms with E-state index in [0.717, 1.165) is 5.56 Å². The lowest BCUT2D eigenvalue weighted by Gasteiger charge is -2.13. The second-order valence-electron chi connectivity index (χ2n) is 4.06. The first-order valence-electron chi connectivity index (χ1n) is 5.27. The summed E-state index contributed by atoms with van der Waals surface area (Å²) in [6, 6.07) is 7.17. The Balaban J connectivity index is 2.31. The van der Waals surface area contributed by atoms with Gasteiger partial charge in [-0.25, -0.2) is 5.01 Å². The molecule has 1 aliphatic rings. The number of hydrogen-bond donors (Lipinski definition) is 1. The number of nitrogens with zero attached hydrogens (tertiary/aromatic N) is 2. The number of amides is 1. The normalized spacial score (nSPS) is 16.0. The van der Waals surface area contributed by atoms with Crippen LogP contribution in [-0.2, 0) is 14.9 Å². The van der Waals surface area contributed by atoms with Crippen molar-refractivity contribution in [3.63, 3.8) is 0 Å². The summed E-state index contributed by atoms with van der Waals surface area (Å²) in [6.45, 7) is 1.83. The Hall–Kier alpha value is -1.73. The van der Waals surface area contributed by atoms with Crippen molar-refractivity contribution in [2.45, 2.75) is 13.3 Å². The van der Waals surface area contributed by atoms with Crippen LogP contribution in [0.25, 0.3) is 0 Å². The molecule has 2 rings (SSSR count). The maximum absolute atomic E-state index is 11.8. The molecule has 0 saturated heterocycles. The van der Waals surface area contributed by atoms with Crippen molar-refractivity contribution >= 4 is 27.4 Å². The Morgan fingerprint density at radius 3 is 2.67 bits per heavy atom. The summed E-state index contributed by atoms with van der Waals surface area (Å²) in [6.07, 6.45) is -0.0892. The van der Waals surface area contributed by atoms with Crippen molar-refractivity contribution in [2.24, 2.45) is 5.10 Å². The van der Waals surface area contributed by atoms with E-state index >= 15 is 0 Å².